The van der Waals surface area contributed by atoms with E-state index < -0.39 is 10.8 Å². The number of hydrogen-bond acceptors (Lipinski definition) is 4. The molecule has 0 bridgehead atoms. The summed E-state index contributed by atoms with van der Waals surface area (Å²) in [5.74, 6) is -0.691. The third-order valence-corrected chi connectivity index (χ3v) is 3.70. The van der Waals surface area contributed by atoms with Crippen LogP contribution < -0.4 is 5.32 Å². The van der Waals surface area contributed by atoms with Crippen LogP contribution in [0.2, 0.25) is 5.02 Å². The second-order valence-electron chi connectivity index (χ2n) is 5.50. The van der Waals surface area contributed by atoms with Gasteiger partial charge in [-0.3, -0.25) is 19.7 Å². The van der Waals surface area contributed by atoms with Gasteiger partial charge in [0, 0.05) is 37.3 Å². The van der Waals surface area contributed by atoms with Crippen LogP contribution in [0.4, 0.5) is 5.69 Å². The van der Waals surface area contributed by atoms with E-state index in [1.165, 1.54) is 17.0 Å². The van der Waals surface area contributed by atoms with Crippen molar-refractivity contribution in [2.75, 3.05) is 14.1 Å². The molecule has 0 aliphatic heterocycles. The molecule has 8 heteroatoms. The molecule has 130 valence electrons. The van der Waals surface area contributed by atoms with Gasteiger partial charge in [-0.2, -0.15) is 0 Å². The fraction of sp³-hybridized carbons (Fsp3) is 0.176. The number of benzene rings is 2. The Morgan fingerprint density at radius 2 is 1.80 bits per heavy atom. The zero-order chi connectivity index (χ0) is 18.6. The predicted molar refractivity (Wildman–Crippen MR) is 93.7 cm³/mol. The number of nitro groups is 1. The Bertz CT molecular complexity index is 819. The number of halogens is 1. The molecule has 0 aliphatic rings. The van der Waals surface area contributed by atoms with Gasteiger partial charge in [-0.1, -0.05) is 23.7 Å². The molecule has 0 saturated carbocycles. The summed E-state index contributed by atoms with van der Waals surface area (Å²) in [6.07, 6.45) is 0. The van der Waals surface area contributed by atoms with Crippen LogP contribution in [0.15, 0.2) is 42.5 Å². The van der Waals surface area contributed by atoms with Gasteiger partial charge in [0.1, 0.15) is 5.56 Å². The van der Waals surface area contributed by atoms with E-state index in [4.69, 9.17) is 11.6 Å². The number of hydrogen-bond donors (Lipinski definition) is 1. The van der Waals surface area contributed by atoms with Crippen LogP contribution in [0, 0.1) is 10.1 Å². The molecule has 0 aromatic heterocycles. The molecule has 7 nitrogen and oxygen atoms in total. The first-order valence-electron chi connectivity index (χ1n) is 7.32. The zero-order valence-corrected chi connectivity index (χ0v) is 14.4. The van der Waals surface area contributed by atoms with Crippen molar-refractivity contribution in [2.24, 2.45) is 0 Å². The van der Waals surface area contributed by atoms with Crippen molar-refractivity contribution < 1.29 is 14.5 Å². The summed E-state index contributed by atoms with van der Waals surface area (Å²) < 4.78 is 0. The number of nitrogens with one attached hydrogen (secondary N) is 1. The summed E-state index contributed by atoms with van der Waals surface area (Å²) in [7, 11) is 3.32. The summed E-state index contributed by atoms with van der Waals surface area (Å²) in [5, 5.41) is 13.8. The number of nitro benzene ring substituents is 1. The summed E-state index contributed by atoms with van der Waals surface area (Å²) in [4.78, 5) is 35.9. The first kappa shape index (κ1) is 18.4. The van der Waals surface area contributed by atoms with Crippen molar-refractivity contribution in [1.82, 2.24) is 10.2 Å². The molecule has 1 N–H and O–H groups in total. The lowest BCUT2D eigenvalue weighted by Crippen LogP contribution is -2.24. The Morgan fingerprint density at radius 3 is 2.36 bits per heavy atom. The molecule has 0 unspecified atom stereocenters. The molecule has 0 aliphatic carbocycles. The Kier molecular flexibility index (Phi) is 5.71. The number of carbonyl (C=O) groups is 2. The van der Waals surface area contributed by atoms with Crippen molar-refractivity contribution >= 4 is 29.1 Å². The number of nitrogens with zero attached hydrogens (tertiary/aromatic N) is 2. The van der Waals surface area contributed by atoms with Gasteiger partial charge in [-0.05, 0) is 29.8 Å². The van der Waals surface area contributed by atoms with Crippen LogP contribution >= 0.6 is 11.6 Å². The fourth-order valence-electron chi connectivity index (χ4n) is 2.15. The van der Waals surface area contributed by atoms with Gasteiger partial charge in [0.15, 0.2) is 0 Å². The van der Waals surface area contributed by atoms with E-state index in [9.17, 15) is 19.7 Å². The molecule has 0 atom stereocenters. The lowest BCUT2D eigenvalue weighted by Gasteiger charge is -2.11. The Morgan fingerprint density at radius 1 is 1.16 bits per heavy atom. The molecule has 0 radical (unpaired) electrons. The third-order valence-electron chi connectivity index (χ3n) is 3.46. The van der Waals surface area contributed by atoms with Gasteiger partial charge in [-0.15, -0.1) is 0 Å². The van der Waals surface area contributed by atoms with Gasteiger partial charge >= 0.3 is 0 Å². The number of amides is 2. The highest BCUT2D eigenvalue weighted by Gasteiger charge is 2.20. The van der Waals surface area contributed by atoms with Crippen molar-refractivity contribution in [3.8, 4) is 0 Å². The maximum absolute atomic E-state index is 12.2. The minimum atomic E-state index is -0.650. The minimum Gasteiger partial charge on any atom is -0.348 e. The summed E-state index contributed by atoms with van der Waals surface area (Å²) in [5.41, 5.74) is 0.888. The van der Waals surface area contributed by atoms with Gasteiger partial charge in [0.25, 0.3) is 17.5 Å². The highest BCUT2D eigenvalue weighted by atomic mass is 35.5. The van der Waals surface area contributed by atoms with Crippen LogP contribution in [0.25, 0.3) is 0 Å². The average Bonchev–Trinajstić information content (AvgIpc) is 2.59. The standard InChI is InChI=1S/C17H16ClN3O4/c1-20(2)17(23)12-5-3-11(4-6-12)10-19-16(22)14-8-7-13(18)9-15(14)21(24)25/h3-9H,10H2,1-2H3,(H,19,22). The maximum atomic E-state index is 12.2. The summed E-state index contributed by atoms with van der Waals surface area (Å²) in [6.45, 7) is 0.176. The lowest BCUT2D eigenvalue weighted by molar-refractivity contribution is -0.385. The lowest BCUT2D eigenvalue weighted by atomic mass is 10.1. The van der Waals surface area contributed by atoms with Gasteiger partial charge in [0.05, 0.1) is 4.92 Å². The van der Waals surface area contributed by atoms with Crippen molar-refractivity contribution in [1.29, 1.82) is 0 Å². The molecule has 25 heavy (non-hydrogen) atoms. The maximum Gasteiger partial charge on any atom is 0.283 e. The molecule has 0 saturated heterocycles. The van der Waals surface area contributed by atoms with Crippen molar-refractivity contribution in [3.05, 3.63) is 74.3 Å². The van der Waals surface area contributed by atoms with Crippen LogP contribution in [-0.2, 0) is 6.54 Å². The predicted octanol–water partition coefficient (Wildman–Crippen LogP) is 2.88. The van der Waals surface area contributed by atoms with Crippen LogP contribution in [-0.4, -0.2) is 35.7 Å². The highest BCUT2D eigenvalue weighted by molar-refractivity contribution is 6.31. The van der Waals surface area contributed by atoms with Gasteiger partial charge < -0.3 is 10.2 Å². The fourth-order valence-corrected chi connectivity index (χ4v) is 2.32. The van der Waals surface area contributed by atoms with Crippen LogP contribution in [0.1, 0.15) is 26.3 Å². The quantitative estimate of drug-likeness (QED) is 0.654. The monoisotopic (exact) mass is 361 g/mol. The van der Waals surface area contributed by atoms with E-state index in [0.29, 0.717) is 5.56 Å². The van der Waals surface area contributed by atoms with E-state index in [-0.39, 0.29) is 28.7 Å². The molecule has 0 heterocycles. The molecular formula is C17H16ClN3O4. The Balaban J connectivity index is 2.08. The van der Waals surface area contributed by atoms with E-state index >= 15 is 0 Å². The molecule has 2 aromatic carbocycles. The average molecular weight is 362 g/mol. The molecular weight excluding hydrogens is 346 g/mol. The Hall–Kier alpha value is -2.93. The smallest absolute Gasteiger partial charge is 0.283 e. The van der Waals surface area contributed by atoms with E-state index in [1.807, 2.05) is 0 Å². The summed E-state index contributed by atoms with van der Waals surface area (Å²) >= 11 is 5.73. The SMILES string of the molecule is CN(C)C(=O)c1ccc(CNC(=O)c2ccc(Cl)cc2[N+](=O)[O-])cc1. The topological polar surface area (TPSA) is 92.6 Å². The van der Waals surface area contributed by atoms with E-state index in [0.717, 1.165) is 11.6 Å². The largest absolute Gasteiger partial charge is 0.348 e. The molecule has 2 rings (SSSR count). The molecule has 2 amide bonds. The second-order valence-corrected chi connectivity index (χ2v) is 5.93. The zero-order valence-electron chi connectivity index (χ0n) is 13.7. The first-order valence-corrected chi connectivity index (χ1v) is 7.70. The second kappa shape index (κ2) is 7.76. The molecule has 0 spiro atoms. The number of carbonyl (C=O) groups excluding carboxylic acids is 2. The first-order chi connectivity index (χ1) is 11.8. The molecule has 2 aromatic rings. The van der Waals surface area contributed by atoms with E-state index in [1.54, 1.807) is 38.4 Å². The number of rotatable bonds is 5. The highest BCUT2D eigenvalue weighted by Crippen LogP contribution is 2.23. The Labute approximate surface area is 149 Å². The minimum absolute atomic E-state index is 0.0613. The van der Waals surface area contributed by atoms with Gasteiger partial charge in [-0.25, -0.2) is 0 Å². The van der Waals surface area contributed by atoms with E-state index in [2.05, 4.69) is 5.32 Å². The van der Waals surface area contributed by atoms with Crippen molar-refractivity contribution in [3.63, 3.8) is 0 Å². The normalized spacial score (nSPS) is 10.2. The van der Waals surface area contributed by atoms with Crippen LogP contribution in [0.5, 0.6) is 0 Å². The third kappa shape index (κ3) is 4.54. The van der Waals surface area contributed by atoms with Crippen LogP contribution in [0.3, 0.4) is 0 Å². The summed E-state index contributed by atoms with van der Waals surface area (Å²) in [6, 6.07) is 10.6. The van der Waals surface area contributed by atoms with Gasteiger partial charge in [0.2, 0.25) is 0 Å². The van der Waals surface area contributed by atoms with Crippen molar-refractivity contribution in [2.45, 2.75) is 6.54 Å². The molecule has 0 fully saturated rings.